The van der Waals surface area contributed by atoms with Crippen LogP contribution < -0.4 is 20.3 Å². The van der Waals surface area contributed by atoms with Gasteiger partial charge in [0.15, 0.2) is 0 Å². The van der Waals surface area contributed by atoms with Crippen LogP contribution in [0.4, 0.5) is 0 Å². The van der Waals surface area contributed by atoms with Crippen LogP contribution in [0.25, 0.3) is 0 Å². The van der Waals surface area contributed by atoms with Crippen molar-refractivity contribution in [1.29, 1.82) is 0 Å². The predicted molar refractivity (Wildman–Crippen MR) is 105 cm³/mol. The van der Waals surface area contributed by atoms with Crippen LogP contribution in [0.15, 0.2) is 47.4 Å². The van der Waals surface area contributed by atoms with Crippen molar-refractivity contribution in [3.8, 4) is 5.75 Å². The fraction of sp³-hybridized carbons (Fsp3) is 0.222. The van der Waals surface area contributed by atoms with Gasteiger partial charge < -0.3 is 4.74 Å². The summed E-state index contributed by atoms with van der Waals surface area (Å²) in [5.41, 5.74) is 4.84. The number of carbonyl (C=O) groups is 2. The zero-order valence-corrected chi connectivity index (χ0v) is 17.0. The number of amides is 2. The fourth-order valence-electron chi connectivity index (χ4n) is 2.27. The molecule has 0 radical (unpaired) electrons. The molecular formula is C18H20ClN3O5S. The normalized spacial score (nSPS) is 11.2. The average Bonchev–Trinajstić information content (AvgIpc) is 2.64. The van der Waals surface area contributed by atoms with Crippen molar-refractivity contribution in [2.75, 3.05) is 7.11 Å². The standard InChI is InChI=1S/C18H20ClN3O5S/c1-11(2)22-28(25,26)14-7-4-12(5-8-14)17(23)20-21-18(24)15-10-13(19)6-9-16(15)27-3/h4-11,22H,1-3H3,(H,20,23)(H,21,24). The van der Waals surface area contributed by atoms with Gasteiger partial charge in [0.1, 0.15) is 5.75 Å². The summed E-state index contributed by atoms with van der Waals surface area (Å²) in [5, 5.41) is 0.337. The second-order valence-electron chi connectivity index (χ2n) is 6.05. The van der Waals surface area contributed by atoms with E-state index in [1.165, 1.54) is 43.5 Å². The maximum Gasteiger partial charge on any atom is 0.273 e. The molecule has 2 rings (SSSR count). The number of halogens is 1. The van der Waals surface area contributed by atoms with Crippen LogP contribution in [0.3, 0.4) is 0 Å². The van der Waals surface area contributed by atoms with Crippen LogP contribution in [0.1, 0.15) is 34.6 Å². The molecule has 0 aromatic heterocycles. The van der Waals surface area contributed by atoms with Crippen LogP contribution in [0.2, 0.25) is 5.02 Å². The van der Waals surface area contributed by atoms with Gasteiger partial charge in [-0.25, -0.2) is 13.1 Å². The van der Waals surface area contributed by atoms with Crippen LogP contribution in [-0.4, -0.2) is 33.4 Å². The first kappa shape index (κ1) is 21.7. The Morgan fingerprint density at radius 2 is 1.61 bits per heavy atom. The Bertz CT molecular complexity index is 975. The number of rotatable bonds is 6. The van der Waals surface area contributed by atoms with Crippen molar-refractivity contribution in [1.82, 2.24) is 15.6 Å². The minimum Gasteiger partial charge on any atom is -0.496 e. The van der Waals surface area contributed by atoms with E-state index in [2.05, 4.69) is 15.6 Å². The first-order valence-electron chi connectivity index (χ1n) is 8.20. The average molecular weight is 426 g/mol. The topological polar surface area (TPSA) is 114 Å². The van der Waals surface area contributed by atoms with Gasteiger partial charge in [-0.05, 0) is 56.3 Å². The lowest BCUT2D eigenvalue weighted by molar-refractivity contribution is 0.0845. The summed E-state index contributed by atoms with van der Waals surface area (Å²) in [5.74, 6) is -0.938. The van der Waals surface area contributed by atoms with Crippen molar-refractivity contribution in [3.63, 3.8) is 0 Å². The number of methoxy groups -OCH3 is 1. The van der Waals surface area contributed by atoms with E-state index in [0.717, 1.165) is 0 Å². The molecule has 0 bridgehead atoms. The minimum atomic E-state index is -3.65. The molecule has 10 heteroatoms. The van der Waals surface area contributed by atoms with Crippen LogP contribution in [0.5, 0.6) is 5.75 Å². The van der Waals surface area contributed by atoms with Crippen LogP contribution in [0, 0.1) is 0 Å². The summed E-state index contributed by atoms with van der Waals surface area (Å²) in [6, 6.07) is 9.55. The minimum absolute atomic E-state index is 0.0328. The SMILES string of the molecule is COc1ccc(Cl)cc1C(=O)NNC(=O)c1ccc(S(=O)(=O)NC(C)C)cc1. The molecule has 0 atom stereocenters. The number of hydrogen-bond acceptors (Lipinski definition) is 5. The lowest BCUT2D eigenvalue weighted by Gasteiger charge is -2.12. The fourth-order valence-corrected chi connectivity index (χ4v) is 3.70. The number of sulfonamides is 1. The summed E-state index contributed by atoms with van der Waals surface area (Å²) in [7, 11) is -2.25. The lowest BCUT2D eigenvalue weighted by Crippen LogP contribution is -2.41. The maximum atomic E-state index is 12.2. The third-order valence-corrected chi connectivity index (χ3v) is 5.42. The van der Waals surface area contributed by atoms with Crippen molar-refractivity contribution >= 4 is 33.4 Å². The second-order valence-corrected chi connectivity index (χ2v) is 8.20. The zero-order valence-electron chi connectivity index (χ0n) is 15.4. The van der Waals surface area contributed by atoms with E-state index in [1.807, 2.05) is 0 Å². The second kappa shape index (κ2) is 9.05. The quantitative estimate of drug-likeness (QED) is 0.613. The molecule has 0 aliphatic rings. The molecule has 0 unspecified atom stereocenters. The van der Waals surface area contributed by atoms with Crippen LogP contribution >= 0.6 is 11.6 Å². The highest BCUT2D eigenvalue weighted by Gasteiger charge is 2.17. The molecule has 150 valence electrons. The first-order valence-corrected chi connectivity index (χ1v) is 10.1. The molecule has 3 N–H and O–H groups in total. The lowest BCUT2D eigenvalue weighted by atomic mass is 10.2. The zero-order chi connectivity index (χ0) is 20.9. The van der Waals surface area contributed by atoms with Crippen molar-refractivity contribution in [2.45, 2.75) is 24.8 Å². The van der Waals surface area contributed by atoms with E-state index < -0.39 is 21.8 Å². The molecule has 0 saturated heterocycles. The summed E-state index contributed by atoms with van der Waals surface area (Å²) in [4.78, 5) is 24.5. The van der Waals surface area contributed by atoms with Gasteiger partial charge >= 0.3 is 0 Å². The summed E-state index contributed by atoms with van der Waals surface area (Å²) in [6.07, 6.45) is 0. The molecule has 0 spiro atoms. The first-order chi connectivity index (χ1) is 13.1. The highest BCUT2D eigenvalue weighted by atomic mass is 35.5. The molecular weight excluding hydrogens is 406 g/mol. The van der Waals surface area contributed by atoms with Gasteiger partial charge in [0.25, 0.3) is 11.8 Å². The number of hydrogen-bond donors (Lipinski definition) is 3. The molecule has 0 aliphatic carbocycles. The highest BCUT2D eigenvalue weighted by molar-refractivity contribution is 7.89. The molecule has 0 fully saturated rings. The summed E-state index contributed by atoms with van der Waals surface area (Å²) < 4.78 is 31.7. The van der Waals surface area contributed by atoms with Gasteiger partial charge in [0, 0.05) is 16.6 Å². The summed E-state index contributed by atoms with van der Waals surface area (Å²) in [6.45, 7) is 3.41. The Balaban J connectivity index is 2.06. The number of benzene rings is 2. The van der Waals surface area contributed by atoms with E-state index in [1.54, 1.807) is 19.9 Å². The highest BCUT2D eigenvalue weighted by Crippen LogP contribution is 2.22. The van der Waals surface area contributed by atoms with Gasteiger partial charge in [-0.15, -0.1) is 0 Å². The van der Waals surface area contributed by atoms with E-state index >= 15 is 0 Å². The molecule has 2 aromatic carbocycles. The van der Waals surface area contributed by atoms with Crippen molar-refractivity contribution < 1.29 is 22.7 Å². The van der Waals surface area contributed by atoms with E-state index in [4.69, 9.17) is 16.3 Å². The Labute approximate surface area is 168 Å². The molecule has 2 aromatic rings. The number of carbonyl (C=O) groups excluding carboxylic acids is 2. The molecule has 2 amide bonds. The van der Waals surface area contributed by atoms with Gasteiger partial charge in [0.2, 0.25) is 10.0 Å². The third-order valence-electron chi connectivity index (χ3n) is 3.51. The predicted octanol–water partition coefficient (Wildman–Crippen LogP) is 2.11. The van der Waals surface area contributed by atoms with E-state index in [-0.39, 0.29) is 22.1 Å². The van der Waals surface area contributed by atoms with Gasteiger partial charge in [-0.1, -0.05) is 11.6 Å². The Morgan fingerprint density at radius 1 is 1.00 bits per heavy atom. The Morgan fingerprint density at radius 3 is 2.18 bits per heavy atom. The molecule has 0 saturated carbocycles. The monoisotopic (exact) mass is 425 g/mol. The Kier molecular flexibility index (Phi) is 7.00. The number of ether oxygens (including phenoxy) is 1. The van der Waals surface area contributed by atoms with Crippen molar-refractivity contribution in [3.05, 3.63) is 58.6 Å². The van der Waals surface area contributed by atoms with Gasteiger partial charge in [-0.2, -0.15) is 0 Å². The largest absolute Gasteiger partial charge is 0.496 e. The van der Waals surface area contributed by atoms with Gasteiger partial charge in [0.05, 0.1) is 17.6 Å². The third kappa shape index (κ3) is 5.44. The van der Waals surface area contributed by atoms with Gasteiger partial charge in [-0.3, -0.25) is 20.4 Å². The number of hydrazine groups is 1. The molecule has 8 nitrogen and oxygen atoms in total. The molecule has 0 aliphatic heterocycles. The smallest absolute Gasteiger partial charge is 0.273 e. The Hall–Kier alpha value is -2.62. The van der Waals surface area contributed by atoms with E-state index in [0.29, 0.717) is 10.8 Å². The molecule has 28 heavy (non-hydrogen) atoms. The summed E-state index contributed by atoms with van der Waals surface area (Å²) >= 11 is 5.88. The maximum absolute atomic E-state index is 12.2. The van der Waals surface area contributed by atoms with Crippen molar-refractivity contribution in [2.24, 2.45) is 0 Å². The van der Waals surface area contributed by atoms with Crippen LogP contribution in [-0.2, 0) is 10.0 Å². The molecule has 0 heterocycles. The van der Waals surface area contributed by atoms with E-state index in [9.17, 15) is 18.0 Å². The number of nitrogens with one attached hydrogen (secondary N) is 3.